The van der Waals surface area contributed by atoms with Crippen LogP contribution < -0.4 is 5.32 Å². The van der Waals surface area contributed by atoms with Crippen LogP contribution in [0.4, 0.5) is 0 Å². The third-order valence-corrected chi connectivity index (χ3v) is 6.28. The minimum Gasteiger partial charge on any atom is -0.354 e. The highest BCUT2D eigenvalue weighted by atomic mass is 127. The molecule has 1 N–H and O–H groups in total. The first-order chi connectivity index (χ1) is 10.5. The van der Waals surface area contributed by atoms with Gasteiger partial charge in [-0.3, -0.25) is 14.7 Å². The molecule has 8 heteroatoms. The van der Waals surface area contributed by atoms with Crippen LogP contribution in [0.15, 0.2) is 4.99 Å². The molecule has 0 spiro atoms. The molecule has 1 amide bonds. The summed E-state index contributed by atoms with van der Waals surface area (Å²) in [5, 5.41) is 3.05. The summed E-state index contributed by atoms with van der Waals surface area (Å²) >= 11 is 6.92. The van der Waals surface area contributed by atoms with Gasteiger partial charge in [-0.1, -0.05) is 30.9 Å². The van der Waals surface area contributed by atoms with Crippen LogP contribution in [-0.2, 0) is 4.79 Å². The maximum Gasteiger partial charge on any atom is 0.249 e. The van der Waals surface area contributed by atoms with E-state index in [0.29, 0.717) is 22.4 Å². The largest absolute Gasteiger partial charge is 0.354 e. The lowest BCUT2D eigenvalue weighted by molar-refractivity contribution is -0.124. The number of thioether (sulfide) groups is 1. The number of hydrogen-bond donors (Lipinski definition) is 1. The van der Waals surface area contributed by atoms with E-state index in [4.69, 9.17) is 12.2 Å². The second-order valence-electron chi connectivity index (χ2n) is 6.65. The normalized spacial score (nSPS) is 35.1. The summed E-state index contributed by atoms with van der Waals surface area (Å²) in [6, 6.07) is 1.05. The zero-order valence-corrected chi connectivity index (χ0v) is 17.8. The Morgan fingerprint density at radius 2 is 1.96 bits per heavy atom. The average Bonchev–Trinajstić information content (AvgIpc) is 3.03. The van der Waals surface area contributed by atoms with Gasteiger partial charge in [0.05, 0.1) is 6.54 Å². The first kappa shape index (κ1) is 19.4. The van der Waals surface area contributed by atoms with Crippen LogP contribution in [0.5, 0.6) is 0 Å². The van der Waals surface area contributed by atoms with E-state index in [1.54, 1.807) is 4.90 Å². The lowest BCUT2D eigenvalue weighted by Crippen LogP contribution is -2.51. The number of nitrogens with zero attached hydrogens (tertiary/aromatic N) is 3. The van der Waals surface area contributed by atoms with Gasteiger partial charge in [0.25, 0.3) is 0 Å². The molecule has 2 saturated heterocycles. The van der Waals surface area contributed by atoms with Gasteiger partial charge in [-0.2, -0.15) is 0 Å². The van der Waals surface area contributed by atoms with Crippen molar-refractivity contribution >= 4 is 64.1 Å². The van der Waals surface area contributed by atoms with Crippen molar-refractivity contribution < 1.29 is 4.79 Å². The number of thiocarbonyl (C=S) groups is 1. The molecule has 3 aliphatic heterocycles. The molecule has 0 saturated carbocycles. The summed E-state index contributed by atoms with van der Waals surface area (Å²) in [7, 11) is 0. The number of halogens is 1. The van der Waals surface area contributed by atoms with Gasteiger partial charge in [0, 0.05) is 25.2 Å². The van der Waals surface area contributed by atoms with Crippen molar-refractivity contribution in [3.8, 4) is 0 Å². The standard InChI is InChI=1S/C15H24N4OS2.HI/c1-9-6-10(2)18(11(3)7-9)8-12-13(20)19(15(21)22-12)14-16-4-5-17-14;/h9-12H,4-8H2,1-3H3,(H,16,17);1H. The van der Waals surface area contributed by atoms with Crippen molar-refractivity contribution in [1.29, 1.82) is 0 Å². The van der Waals surface area contributed by atoms with E-state index in [-0.39, 0.29) is 35.1 Å². The van der Waals surface area contributed by atoms with E-state index in [9.17, 15) is 4.79 Å². The predicted molar refractivity (Wildman–Crippen MR) is 111 cm³/mol. The van der Waals surface area contributed by atoms with Gasteiger partial charge in [-0.25, -0.2) is 4.90 Å². The van der Waals surface area contributed by atoms with E-state index < -0.39 is 0 Å². The molecule has 23 heavy (non-hydrogen) atoms. The smallest absolute Gasteiger partial charge is 0.249 e. The fourth-order valence-electron chi connectivity index (χ4n) is 3.82. The van der Waals surface area contributed by atoms with Crippen LogP contribution in [0.2, 0.25) is 0 Å². The number of guanidine groups is 1. The first-order valence-corrected chi connectivity index (χ1v) is 9.34. The molecule has 0 aromatic carbocycles. The molecule has 3 aliphatic rings. The van der Waals surface area contributed by atoms with Gasteiger partial charge in [-0.15, -0.1) is 24.0 Å². The zero-order valence-electron chi connectivity index (χ0n) is 13.8. The monoisotopic (exact) mass is 468 g/mol. The molecule has 0 aliphatic carbocycles. The molecular formula is C15H25IN4OS2. The molecule has 130 valence electrons. The maximum atomic E-state index is 12.7. The number of amides is 1. The lowest BCUT2D eigenvalue weighted by atomic mass is 9.88. The summed E-state index contributed by atoms with van der Waals surface area (Å²) in [6.07, 6.45) is 2.41. The Morgan fingerprint density at radius 3 is 2.52 bits per heavy atom. The predicted octanol–water partition coefficient (Wildman–Crippen LogP) is 2.30. The van der Waals surface area contributed by atoms with Crippen molar-refractivity contribution in [2.24, 2.45) is 10.9 Å². The molecule has 3 heterocycles. The van der Waals surface area contributed by atoms with Gasteiger partial charge < -0.3 is 5.32 Å². The van der Waals surface area contributed by atoms with Crippen molar-refractivity contribution in [2.75, 3.05) is 19.6 Å². The number of aliphatic imine (C=N–C) groups is 1. The second kappa shape index (κ2) is 7.97. The second-order valence-corrected chi connectivity index (χ2v) is 8.49. The number of rotatable bonds is 2. The van der Waals surface area contributed by atoms with Crippen LogP contribution in [-0.4, -0.2) is 63.0 Å². The van der Waals surface area contributed by atoms with Crippen LogP contribution in [0, 0.1) is 5.92 Å². The molecular weight excluding hydrogens is 443 g/mol. The fraction of sp³-hybridized carbons (Fsp3) is 0.800. The minimum atomic E-state index is -0.101. The molecule has 0 bridgehead atoms. The number of likely N-dealkylation sites (tertiary alicyclic amines) is 1. The van der Waals surface area contributed by atoms with E-state index in [0.717, 1.165) is 25.6 Å². The van der Waals surface area contributed by atoms with E-state index in [1.165, 1.54) is 24.6 Å². The van der Waals surface area contributed by atoms with E-state index in [1.807, 2.05) is 0 Å². The summed E-state index contributed by atoms with van der Waals surface area (Å²) < 4.78 is 0.633. The first-order valence-electron chi connectivity index (χ1n) is 8.06. The summed E-state index contributed by atoms with van der Waals surface area (Å²) in [4.78, 5) is 21.1. The van der Waals surface area contributed by atoms with Crippen molar-refractivity contribution in [3.63, 3.8) is 0 Å². The van der Waals surface area contributed by atoms with Crippen molar-refractivity contribution in [2.45, 2.75) is 50.9 Å². The van der Waals surface area contributed by atoms with E-state index in [2.05, 4.69) is 36.0 Å². The molecule has 3 unspecified atom stereocenters. The van der Waals surface area contributed by atoms with Crippen LogP contribution in [0.1, 0.15) is 33.6 Å². The maximum absolute atomic E-state index is 12.7. The summed E-state index contributed by atoms with van der Waals surface area (Å²) in [5.74, 6) is 1.49. The van der Waals surface area contributed by atoms with Gasteiger partial charge in [0.15, 0.2) is 4.32 Å². The molecule has 2 fully saturated rings. The van der Waals surface area contributed by atoms with Crippen LogP contribution >= 0.6 is 48.0 Å². The van der Waals surface area contributed by atoms with Gasteiger partial charge >= 0.3 is 0 Å². The SMILES string of the molecule is CC1CC(C)N(CC2SC(=S)N(C3=NCCN3)C2=O)C(C)C1.I. The number of carbonyl (C=O) groups excluding carboxylic acids is 1. The molecule has 3 rings (SSSR count). The molecule has 5 nitrogen and oxygen atoms in total. The average molecular weight is 468 g/mol. The van der Waals surface area contributed by atoms with Crippen molar-refractivity contribution in [3.05, 3.63) is 0 Å². The highest BCUT2D eigenvalue weighted by Gasteiger charge is 2.42. The Balaban J connectivity index is 0.00000192. The molecule has 3 atom stereocenters. The Kier molecular flexibility index (Phi) is 6.72. The molecule has 0 radical (unpaired) electrons. The van der Waals surface area contributed by atoms with Crippen molar-refractivity contribution in [1.82, 2.24) is 15.1 Å². The third-order valence-electron chi connectivity index (χ3n) is 4.79. The number of nitrogens with one attached hydrogen (secondary N) is 1. The number of piperidine rings is 1. The van der Waals surface area contributed by atoms with Gasteiger partial charge in [0.2, 0.25) is 11.9 Å². The number of hydrogen-bond acceptors (Lipinski definition) is 6. The highest BCUT2D eigenvalue weighted by molar-refractivity contribution is 14.0. The Bertz CT molecular complexity index is 504. The van der Waals surface area contributed by atoms with Crippen LogP contribution in [0.25, 0.3) is 0 Å². The van der Waals surface area contributed by atoms with E-state index >= 15 is 0 Å². The number of carbonyl (C=O) groups is 1. The lowest BCUT2D eigenvalue weighted by Gasteiger charge is -2.42. The third kappa shape index (κ3) is 4.01. The zero-order chi connectivity index (χ0) is 15.9. The Morgan fingerprint density at radius 1 is 1.30 bits per heavy atom. The minimum absolute atomic E-state index is 0. The highest BCUT2D eigenvalue weighted by Crippen LogP contribution is 2.33. The van der Waals surface area contributed by atoms with Gasteiger partial charge in [0.1, 0.15) is 5.25 Å². The molecule has 0 aromatic rings. The Labute approximate surface area is 165 Å². The topological polar surface area (TPSA) is 47.9 Å². The molecule has 0 aromatic heterocycles. The quantitative estimate of drug-likeness (QED) is 0.498. The summed E-state index contributed by atoms with van der Waals surface area (Å²) in [5.41, 5.74) is 0. The Hall–Kier alpha value is 0.0700. The fourth-order valence-corrected chi connectivity index (χ4v) is 5.32. The summed E-state index contributed by atoms with van der Waals surface area (Å²) in [6.45, 7) is 9.15. The van der Waals surface area contributed by atoms with Crippen LogP contribution in [0.3, 0.4) is 0 Å². The van der Waals surface area contributed by atoms with Gasteiger partial charge in [-0.05, 0) is 32.6 Å².